The van der Waals surface area contributed by atoms with Crippen LogP contribution in [0.3, 0.4) is 0 Å². The molecule has 2 aromatic rings. The Hall–Kier alpha value is -1.77. The Bertz CT molecular complexity index is 683. The molecule has 1 aromatic heterocycles. The quantitative estimate of drug-likeness (QED) is 0.541. The summed E-state index contributed by atoms with van der Waals surface area (Å²) in [6, 6.07) is 5.77. The minimum absolute atomic E-state index is 0.212. The van der Waals surface area contributed by atoms with Crippen molar-refractivity contribution in [3.05, 3.63) is 39.7 Å². The smallest absolute Gasteiger partial charge is 0.339 e. The summed E-state index contributed by atoms with van der Waals surface area (Å²) in [4.78, 5) is 12.2. The predicted molar refractivity (Wildman–Crippen MR) is 90.8 cm³/mol. The number of aryl methyl sites for hydroxylation is 1. The zero-order valence-corrected chi connectivity index (χ0v) is 14.1. The van der Waals surface area contributed by atoms with Gasteiger partial charge in [-0.25, -0.2) is 4.79 Å². The number of hydrogen-bond acceptors (Lipinski definition) is 3. The van der Waals surface area contributed by atoms with Crippen LogP contribution in [0.4, 0.5) is 0 Å². The molecule has 2 rings (SSSR count). The lowest BCUT2D eigenvalue weighted by Gasteiger charge is -2.10. The van der Waals surface area contributed by atoms with Gasteiger partial charge in [0.05, 0.1) is 6.61 Å². The number of rotatable bonds is 7. The van der Waals surface area contributed by atoms with Crippen molar-refractivity contribution in [3.63, 3.8) is 0 Å². The van der Waals surface area contributed by atoms with Crippen LogP contribution in [0, 0.1) is 12.8 Å². The van der Waals surface area contributed by atoms with Gasteiger partial charge in [-0.05, 0) is 49.8 Å². The first kappa shape index (κ1) is 16.6. The zero-order chi connectivity index (χ0) is 16.1. The molecule has 1 aromatic carbocycles. The molecule has 0 bridgehead atoms. The van der Waals surface area contributed by atoms with Crippen LogP contribution in [0.5, 0.6) is 5.75 Å². The average Bonchev–Trinajstić information content (AvgIpc) is 2.46. The van der Waals surface area contributed by atoms with Gasteiger partial charge >= 0.3 is 5.63 Å². The first-order valence-corrected chi connectivity index (χ1v) is 8.22. The van der Waals surface area contributed by atoms with Gasteiger partial charge in [0.25, 0.3) is 0 Å². The second-order valence-electron chi connectivity index (χ2n) is 6.29. The van der Waals surface area contributed by atoms with Crippen molar-refractivity contribution in [3.8, 4) is 5.75 Å². The summed E-state index contributed by atoms with van der Waals surface area (Å²) in [5, 5.41) is 1.00. The third-order valence-electron chi connectivity index (χ3n) is 4.00. The van der Waals surface area contributed by atoms with Gasteiger partial charge in [0.15, 0.2) is 0 Å². The fraction of sp³-hybridized carbons (Fsp3) is 0.526. The van der Waals surface area contributed by atoms with Crippen LogP contribution in [-0.2, 0) is 6.42 Å². The van der Waals surface area contributed by atoms with Crippen molar-refractivity contribution in [2.75, 3.05) is 6.61 Å². The van der Waals surface area contributed by atoms with Crippen molar-refractivity contribution in [1.29, 1.82) is 0 Å². The molecule has 3 heteroatoms. The van der Waals surface area contributed by atoms with Crippen molar-refractivity contribution >= 4 is 11.0 Å². The first-order valence-electron chi connectivity index (χ1n) is 8.22. The predicted octanol–water partition coefficient (Wildman–Crippen LogP) is 4.87. The Morgan fingerprint density at radius 3 is 2.73 bits per heavy atom. The monoisotopic (exact) mass is 302 g/mol. The lowest BCUT2D eigenvalue weighted by atomic mass is 9.98. The highest BCUT2D eigenvalue weighted by Crippen LogP contribution is 2.25. The molecule has 0 aliphatic heterocycles. The SMILES string of the molecule is CCCCOc1ccc2c(C)c(CCC(C)C)c(=O)oc2c1. The van der Waals surface area contributed by atoms with Crippen molar-refractivity contribution in [2.45, 2.75) is 53.4 Å². The van der Waals surface area contributed by atoms with Crippen LogP contribution in [0.15, 0.2) is 27.4 Å². The molecule has 120 valence electrons. The lowest BCUT2D eigenvalue weighted by molar-refractivity contribution is 0.309. The summed E-state index contributed by atoms with van der Waals surface area (Å²) >= 11 is 0. The zero-order valence-electron chi connectivity index (χ0n) is 14.1. The highest BCUT2D eigenvalue weighted by Gasteiger charge is 2.12. The molecule has 22 heavy (non-hydrogen) atoms. The fourth-order valence-electron chi connectivity index (χ4n) is 2.52. The van der Waals surface area contributed by atoms with Crippen LogP contribution in [0.25, 0.3) is 11.0 Å². The van der Waals surface area contributed by atoms with E-state index in [2.05, 4.69) is 20.8 Å². The third-order valence-corrected chi connectivity index (χ3v) is 4.00. The number of benzene rings is 1. The maximum Gasteiger partial charge on any atom is 0.339 e. The van der Waals surface area contributed by atoms with Gasteiger partial charge in [0.1, 0.15) is 11.3 Å². The normalized spacial score (nSPS) is 11.3. The lowest BCUT2D eigenvalue weighted by Crippen LogP contribution is -2.11. The molecule has 0 radical (unpaired) electrons. The van der Waals surface area contributed by atoms with Crippen LogP contribution in [0.2, 0.25) is 0 Å². The van der Waals surface area contributed by atoms with E-state index >= 15 is 0 Å². The van der Waals surface area contributed by atoms with Gasteiger partial charge in [-0.15, -0.1) is 0 Å². The first-order chi connectivity index (χ1) is 10.5. The molecule has 0 atom stereocenters. The number of hydrogen-bond donors (Lipinski definition) is 0. The summed E-state index contributed by atoms with van der Waals surface area (Å²) in [5.41, 5.74) is 2.24. The number of fused-ring (bicyclic) bond motifs is 1. The molecule has 1 heterocycles. The Morgan fingerprint density at radius 1 is 1.27 bits per heavy atom. The fourth-order valence-corrected chi connectivity index (χ4v) is 2.52. The maximum atomic E-state index is 12.2. The van der Waals surface area contributed by atoms with Crippen LogP contribution < -0.4 is 10.4 Å². The molecule has 0 unspecified atom stereocenters. The minimum Gasteiger partial charge on any atom is -0.493 e. The largest absolute Gasteiger partial charge is 0.493 e. The molecule has 0 saturated carbocycles. The summed E-state index contributed by atoms with van der Waals surface area (Å²) in [5.74, 6) is 1.34. The maximum absolute atomic E-state index is 12.2. The molecule has 0 N–H and O–H groups in total. The van der Waals surface area contributed by atoms with Gasteiger partial charge in [0, 0.05) is 17.0 Å². The molecule has 0 fully saturated rings. The molecule has 0 saturated heterocycles. The molecular formula is C19H26O3. The highest BCUT2D eigenvalue weighted by atomic mass is 16.5. The highest BCUT2D eigenvalue weighted by molar-refractivity contribution is 5.82. The van der Waals surface area contributed by atoms with Gasteiger partial charge in [-0.2, -0.15) is 0 Å². The van der Waals surface area contributed by atoms with Crippen molar-refractivity contribution in [2.24, 2.45) is 5.92 Å². The van der Waals surface area contributed by atoms with Gasteiger partial charge in [-0.1, -0.05) is 27.2 Å². The standard InChI is InChI=1S/C19H26O3/c1-5-6-11-21-15-8-10-16-14(4)17(9-7-13(2)3)19(20)22-18(16)12-15/h8,10,12-13H,5-7,9,11H2,1-4H3. The summed E-state index contributed by atoms with van der Waals surface area (Å²) in [6.07, 6.45) is 3.89. The Balaban J connectivity index is 2.32. The Kier molecular flexibility index (Phi) is 5.64. The van der Waals surface area contributed by atoms with Gasteiger partial charge in [0.2, 0.25) is 0 Å². The Morgan fingerprint density at radius 2 is 2.05 bits per heavy atom. The van der Waals surface area contributed by atoms with E-state index in [1.807, 2.05) is 25.1 Å². The van der Waals surface area contributed by atoms with Gasteiger partial charge < -0.3 is 9.15 Å². The summed E-state index contributed by atoms with van der Waals surface area (Å²) in [6.45, 7) is 9.16. The average molecular weight is 302 g/mol. The van der Waals surface area contributed by atoms with E-state index in [4.69, 9.17) is 9.15 Å². The van der Waals surface area contributed by atoms with Gasteiger partial charge in [-0.3, -0.25) is 0 Å². The molecule has 0 aliphatic carbocycles. The molecule has 0 amide bonds. The van der Waals surface area contributed by atoms with Crippen molar-refractivity contribution < 1.29 is 9.15 Å². The van der Waals surface area contributed by atoms with Crippen LogP contribution in [-0.4, -0.2) is 6.61 Å². The van der Waals surface area contributed by atoms with E-state index in [1.165, 1.54) is 0 Å². The van der Waals surface area contributed by atoms with Crippen LogP contribution in [0.1, 0.15) is 51.2 Å². The topological polar surface area (TPSA) is 39.4 Å². The summed E-state index contributed by atoms with van der Waals surface area (Å²) < 4.78 is 11.2. The third kappa shape index (κ3) is 3.90. The van der Waals surface area contributed by atoms with E-state index in [9.17, 15) is 4.79 Å². The molecular weight excluding hydrogens is 276 g/mol. The second kappa shape index (κ2) is 7.48. The van der Waals surface area contributed by atoms with E-state index in [0.29, 0.717) is 18.1 Å². The second-order valence-corrected chi connectivity index (χ2v) is 6.29. The van der Waals surface area contributed by atoms with E-state index < -0.39 is 0 Å². The Labute approximate surface area is 132 Å². The molecule has 0 spiro atoms. The number of ether oxygens (including phenoxy) is 1. The van der Waals surface area contributed by atoms with Crippen LogP contribution >= 0.6 is 0 Å². The van der Waals surface area contributed by atoms with E-state index in [0.717, 1.165) is 47.9 Å². The number of unbranched alkanes of at least 4 members (excludes halogenated alkanes) is 1. The molecule has 0 aliphatic rings. The molecule has 3 nitrogen and oxygen atoms in total. The van der Waals surface area contributed by atoms with Crippen molar-refractivity contribution in [1.82, 2.24) is 0 Å². The van der Waals surface area contributed by atoms with E-state index in [1.54, 1.807) is 0 Å². The van der Waals surface area contributed by atoms with E-state index in [-0.39, 0.29) is 5.63 Å². The minimum atomic E-state index is -0.212. The summed E-state index contributed by atoms with van der Waals surface area (Å²) in [7, 11) is 0.